The minimum absolute atomic E-state index is 0.428. The fraction of sp³-hybridized carbons (Fsp3) is 0.312. The first-order valence-corrected chi connectivity index (χ1v) is 6.84. The first-order valence-electron chi connectivity index (χ1n) is 6.84. The lowest BCUT2D eigenvalue weighted by molar-refractivity contribution is 0.0342. The second-order valence-electron chi connectivity index (χ2n) is 4.97. The maximum atomic E-state index is 5.55. The van der Waals surface area contributed by atoms with E-state index in [-0.39, 0.29) is 0 Å². The number of anilines is 1. The fourth-order valence-corrected chi connectivity index (χ4v) is 2.34. The summed E-state index contributed by atoms with van der Waals surface area (Å²) in [5.74, 6) is 0.428. The minimum Gasteiger partial charge on any atom is -0.383 e. The van der Waals surface area contributed by atoms with E-state index in [1.165, 1.54) is 5.56 Å². The predicted octanol–water partition coefficient (Wildman–Crippen LogP) is 1.96. The van der Waals surface area contributed by atoms with E-state index >= 15 is 0 Å². The molecule has 4 heteroatoms. The molecule has 0 unspecified atom stereocenters. The van der Waals surface area contributed by atoms with Crippen LogP contribution in [0.2, 0.25) is 0 Å². The molecule has 1 aliphatic rings. The summed E-state index contributed by atoms with van der Waals surface area (Å²) in [6.07, 6.45) is 1.78. The number of nitrogen functional groups attached to an aromatic ring is 1. The zero-order valence-corrected chi connectivity index (χ0v) is 11.4. The highest BCUT2D eigenvalue weighted by molar-refractivity contribution is 5.63. The number of hydrogen-bond donors (Lipinski definition) is 1. The van der Waals surface area contributed by atoms with Gasteiger partial charge in [0, 0.05) is 37.5 Å². The van der Waals surface area contributed by atoms with E-state index in [2.05, 4.69) is 40.2 Å². The lowest BCUT2D eigenvalue weighted by Gasteiger charge is -2.26. The molecule has 3 rings (SSSR count). The van der Waals surface area contributed by atoms with Crippen LogP contribution in [0, 0.1) is 6.07 Å². The zero-order valence-electron chi connectivity index (χ0n) is 11.4. The van der Waals surface area contributed by atoms with Crippen LogP contribution in [0.3, 0.4) is 0 Å². The Balaban J connectivity index is 1.69. The van der Waals surface area contributed by atoms with Gasteiger partial charge in [0.05, 0.1) is 13.2 Å². The van der Waals surface area contributed by atoms with Crippen molar-refractivity contribution in [3.8, 4) is 11.1 Å². The van der Waals surface area contributed by atoms with E-state index in [0.29, 0.717) is 5.82 Å². The van der Waals surface area contributed by atoms with Crippen molar-refractivity contribution >= 4 is 5.82 Å². The third-order valence-electron chi connectivity index (χ3n) is 3.52. The van der Waals surface area contributed by atoms with Crippen LogP contribution >= 0.6 is 0 Å². The number of nitrogens with zero attached hydrogens (tertiary/aromatic N) is 2. The summed E-state index contributed by atoms with van der Waals surface area (Å²) in [4.78, 5) is 6.49. The van der Waals surface area contributed by atoms with Crippen molar-refractivity contribution in [2.24, 2.45) is 0 Å². The first kappa shape index (κ1) is 13.1. The van der Waals surface area contributed by atoms with Crippen LogP contribution in [-0.2, 0) is 11.3 Å². The molecule has 0 spiro atoms. The van der Waals surface area contributed by atoms with Gasteiger partial charge in [-0.2, -0.15) is 0 Å². The molecule has 2 heterocycles. The number of hydrogen-bond acceptors (Lipinski definition) is 4. The highest BCUT2D eigenvalue weighted by atomic mass is 16.5. The molecule has 1 aliphatic heterocycles. The van der Waals surface area contributed by atoms with Gasteiger partial charge in [0.2, 0.25) is 0 Å². The number of benzene rings is 1. The van der Waals surface area contributed by atoms with Gasteiger partial charge < -0.3 is 10.5 Å². The van der Waals surface area contributed by atoms with Crippen LogP contribution < -0.4 is 5.73 Å². The van der Waals surface area contributed by atoms with E-state index in [4.69, 9.17) is 10.5 Å². The molecule has 1 fully saturated rings. The summed E-state index contributed by atoms with van der Waals surface area (Å²) in [7, 11) is 0. The molecule has 103 valence electrons. The Bertz CT molecular complexity index is 545. The van der Waals surface area contributed by atoms with Crippen molar-refractivity contribution in [2.75, 3.05) is 32.0 Å². The molecule has 0 atom stereocenters. The third kappa shape index (κ3) is 3.15. The summed E-state index contributed by atoms with van der Waals surface area (Å²) in [6, 6.07) is 13.4. The van der Waals surface area contributed by atoms with E-state index in [0.717, 1.165) is 44.0 Å². The Hall–Kier alpha value is -1.91. The van der Waals surface area contributed by atoms with Crippen molar-refractivity contribution in [3.05, 3.63) is 48.2 Å². The molecule has 1 radical (unpaired) electrons. The van der Waals surface area contributed by atoms with Gasteiger partial charge in [-0.05, 0) is 17.2 Å². The van der Waals surface area contributed by atoms with E-state index in [1.54, 1.807) is 6.20 Å². The number of aromatic nitrogens is 1. The van der Waals surface area contributed by atoms with Crippen molar-refractivity contribution < 1.29 is 4.74 Å². The Morgan fingerprint density at radius 2 is 1.90 bits per heavy atom. The Morgan fingerprint density at radius 3 is 2.55 bits per heavy atom. The molecule has 2 N–H and O–H groups in total. The first-order chi connectivity index (χ1) is 9.81. The van der Waals surface area contributed by atoms with Gasteiger partial charge in [-0.15, -0.1) is 0 Å². The maximum absolute atomic E-state index is 5.55. The molecule has 0 bridgehead atoms. The highest BCUT2D eigenvalue weighted by Crippen LogP contribution is 2.20. The molecule has 20 heavy (non-hydrogen) atoms. The molecule has 0 aliphatic carbocycles. The quantitative estimate of drug-likeness (QED) is 0.924. The van der Waals surface area contributed by atoms with Gasteiger partial charge in [-0.1, -0.05) is 24.3 Å². The summed E-state index contributed by atoms with van der Waals surface area (Å²) >= 11 is 0. The monoisotopic (exact) mass is 268 g/mol. The number of pyridine rings is 1. The molecule has 2 aromatic rings. The average molecular weight is 268 g/mol. The normalized spacial score (nSPS) is 16.2. The minimum atomic E-state index is 0.428. The predicted molar refractivity (Wildman–Crippen MR) is 79.0 cm³/mol. The van der Waals surface area contributed by atoms with Crippen LogP contribution in [0.15, 0.2) is 36.5 Å². The molecule has 0 amide bonds. The lowest BCUT2D eigenvalue weighted by Crippen LogP contribution is -2.35. The van der Waals surface area contributed by atoms with Crippen LogP contribution in [0.5, 0.6) is 0 Å². The Kier molecular flexibility index (Phi) is 3.95. The van der Waals surface area contributed by atoms with E-state index < -0.39 is 0 Å². The smallest absolute Gasteiger partial charge is 0.131 e. The zero-order chi connectivity index (χ0) is 13.8. The molecule has 1 saturated heterocycles. The Morgan fingerprint density at radius 1 is 1.15 bits per heavy atom. The second-order valence-corrected chi connectivity index (χ2v) is 4.97. The van der Waals surface area contributed by atoms with Crippen molar-refractivity contribution in [2.45, 2.75) is 6.54 Å². The molecular formula is C16H18N3O. The average Bonchev–Trinajstić information content (AvgIpc) is 2.50. The van der Waals surface area contributed by atoms with Crippen LogP contribution in [-0.4, -0.2) is 36.2 Å². The molecule has 4 nitrogen and oxygen atoms in total. The number of rotatable bonds is 3. The van der Waals surface area contributed by atoms with E-state index in [1.807, 2.05) is 6.07 Å². The van der Waals surface area contributed by atoms with Gasteiger partial charge >= 0.3 is 0 Å². The fourth-order valence-electron chi connectivity index (χ4n) is 2.34. The standard InChI is InChI=1S/C16H18N3O/c17-16-6-5-15(11-18-16)14-3-1-13(2-4-14)12-19-7-9-20-10-8-19/h1-5,11H,7-10,12H2,(H2,17,18). The summed E-state index contributed by atoms with van der Waals surface area (Å²) in [6.45, 7) is 4.68. The highest BCUT2D eigenvalue weighted by Gasteiger charge is 2.10. The summed E-state index contributed by atoms with van der Waals surface area (Å²) in [5.41, 5.74) is 9.05. The van der Waals surface area contributed by atoms with Crippen LogP contribution in [0.25, 0.3) is 11.1 Å². The van der Waals surface area contributed by atoms with Crippen molar-refractivity contribution in [1.29, 1.82) is 0 Å². The van der Waals surface area contributed by atoms with Gasteiger partial charge in [0.15, 0.2) is 0 Å². The lowest BCUT2D eigenvalue weighted by atomic mass is 10.1. The van der Waals surface area contributed by atoms with Gasteiger partial charge in [-0.3, -0.25) is 4.90 Å². The summed E-state index contributed by atoms with van der Waals surface area (Å²) < 4.78 is 5.36. The second kappa shape index (κ2) is 6.03. The number of nitrogens with two attached hydrogens (primary N) is 1. The van der Waals surface area contributed by atoms with Gasteiger partial charge in [0.1, 0.15) is 5.82 Å². The number of ether oxygens (including phenoxy) is 1. The molecule has 1 aromatic heterocycles. The van der Waals surface area contributed by atoms with Crippen molar-refractivity contribution in [1.82, 2.24) is 9.88 Å². The van der Waals surface area contributed by atoms with Crippen LogP contribution in [0.1, 0.15) is 5.56 Å². The molecule has 1 aromatic carbocycles. The van der Waals surface area contributed by atoms with Crippen LogP contribution in [0.4, 0.5) is 5.82 Å². The van der Waals surface area contributed by atoms with Gasteiger partial charge in [0.25, 0.3) is 0 Å². The molecular weight excluding hydrogens is 250 g/mol. The third-order valence-corrected chi connectivity index (χ3v) is 3.52. The SMILES string of the molecule is Nc1[c]cc(-c2ccc(CN3CCOCC3)cc2)cn1. The molecule has 0 saturated carbocycles. The van der Waals surface area contributed by atoms with Gasteiger partial charge in [-0.25, -0.2) is 4.98 Å². The largest absolute Gasteiger partial charge is 0.383 e. The number of morpholine rings is 1. The summed E-state index contributed by atoms with van der Waals surface area (Å²) in [5, 5.41) is 0. The Labute approximate surface area is 119 Å². The maximum Gasteiger partial charge on any atom is 0.131 e. The topological polar surface area (TPSA) is 51.4 Å². The van der Waals surface area contributed by atoms with E-state index in [9.17, 15) is 0 Å². The van der Waals surface area contributed by atoms with Crippen molar-refractivity contribution in [3.63, 3.8) is 0 Å².